The van der Waals surface area contributed by atoms with E-state index in [0.29, 0.717) is 22.6 Å². The molecular weight excluding hydrogens is 542 g/mol. The maximum atomic E-state index is 14.0. The number of carbonyl (C=O) groups is 2. The van der Waals surface area contributed by atoms with Crippen molar-refractivity contribution in [2.75, 3.05) is 0 Å². The van der Waals surface area contributed by atoms with E-state index in [-0.39, 0.29) is 61.9 Å². The van der Waals surface area contributed by atoms with E-state index in [0.717, 1.165) is 12.8 Å². The van der Waals surface area contributed by atoms with Crippen molar-refractivity contribution >= 4 is 17.5 Å². The molecule has 0 saturated heterocycles. The summed E-state index contributed by atoms with van der Waals surface area (Å²) in [5.74, 6) is -3.61. The van der Waals surface area contributed by atoms with E-state index in [1.165, 1.54) is 0 Å². The van der Waals surface area contributed by atoms with Crippen LogP contribution < -0.4 is 10.6 Å². The normalized spacial score (nSPS) is 19.0. The van der Waals surface area contributed by atoms with Gasteiger partial charge >= 0.3 is 0 Å². The first-order valence-corrected chi connectivity index (χ1v) is 14.2. The summed E-state index contributed by atoms with van der Waals surface area (Å²) < 4.78 is 56.4. The molecule has 3 aromatic heterocycles. The molecule has 0 spiro atoms. The predicted molar refractivity (Wildman–Crippen MR) is 142 cm³/mol. The van der Waals surface area contributed by atoms with Crippen LogP contribution in [0.2, 0.25) is 0 Å². The third-order valence-electron chi connectivity index (χ3n) is 7.95. The Morgan fingerprint density at radius 1 is 1.05 bits per heavy atom. The molecule has 2 amide bonds. The van der Waals surface area contributed by atoms with Crippen molar-refractivity contribution in [2.24, 2.45) is 11.8 Å². The number of hydrogen-bond donors (Lipinski definition) is 2. The van der Waals surface area contributed by atoms with Crippen LogP contribution in [-0.2, 0) is 4.79 Å². The Morgan fingerprint density at radius 3 is 2.41 bits per heavy atom. The lowest BCUT2D eigenvalue weighted by molar-refractivity contribution is -0.122. The average molecular weight is 578 g/mol. The van der Waals surface area contributed by atoms with Gasteiger partial charge in [-0.25, -0.2) is 27.1 Å². The van der Waals surface area contributed by atoms with Crippen LogP contribution >= 0.6 is 0 Å². The fraction of sp³-hybridized carbons (Fsp3) is 0.607. The van der Waals surface area contributed by atoms with Gasteiger partial charge in [-0.1, -0.05) is 0 Å². The van der Waals surface area contributed by atoms with Gasteiger partial charge in [-0.05, 0) is 69.1 Å². The highest BCUT2D eigenvalue weighted by molar-refractivity contribution is 5.92. The van der Waals surface area contributed by atoms with Crippen LogP contribution in [0.25, 0.3) is 5.65 Å². The summed E-state index contributed by atoms with van der Waals surface area (Å²) in [7, 11) is 0. The van der Waals surface area contributed by atoms with Gasteiger partial charge in [-0.15, -0.1) is 0 Å². The highest BCUT2D eigenvalue weighted by atomic mass is 19.3. The Bertz CT molecular complexity index is 1370. The number of rotatable bonds is 11. The highest BCUT2D eigenvalue weighted by Crippen LogP contribution is 2.43. The van der Waals surface area contributed by atoms with Crippen molar-refractivity contribution in [3.8, 4) is 0 Å². The zero-order valence-electron chi connectivity index (χ0n) is 23.1. The molecule has 41 heavy (non-hydrogen) atoms. The maximum Gasteiger partial charge on any atom is 0.270 e. The number of hydrogen-bond acceptors (Lipinski definition) is 5. The minimum absolute atomic E-state index is 0.0503. The molecule has 13 heteroatoms. The van der Waals surface area contributed by atoms with Gasteiger partial charge in [0.1, 0.15) is 5.69 Å². The molecule has 2 fully saturated rings. The Labute approximate surface area is 235 Å². The van der Waals surface area contributed by atoms with Crippen LogP contribution in [0, 0.1) is 11.8 Å². The lowest BCUT2D eigenvalue weighted by Crippen LogP contribution is -2.38. The van der Waals surface area contributed by atoms with E-state index in [1.807, 2.05) is 13.8 Å². The second-order valence-electron chi connectivity index (χ2n) is 11.5. The number of alkyl halides is 4. The van der Waals surface area contributed by atoms with E-state index in [9.17, 15) is 27.2 Å². The molecule has 2 aliphatic carbocycles. The molecule has 3 aromatic rings. The smallest absolute Gasteiger partial charge is 0.270 e. The number of nitrogens with zero attached hydrogens (tertiary/aromatic N) is 5. The molecule has 0 bridgehead atoms. The van der Waals surface area contributed by atoms with Crippen LogP contribution in [0.15, 0.2) is 30.7 Å². The van der Waals surface area contributed by atoms with Crippen molar-refractivity contribution in [3.63, 3.8) is 0 Å². The largest absolute Gasteiger partial charge is 0.349 e. The molecule has 0 aromatic carbocycles. The van der Waals surface area contributed by atoms with Crippen molar-refractivity contribution < 1.29 is 27.2 Å². The number of imidazole rings is 1. The van der Waals surface area contributed by atoms with Gasteiger partial charge < -0.3 is 10.6 Å². The zero-order chi connectivity index (χ0) is 29.3. The summed E-state index contributed by atoms with van der Waals surface area (Å²) in [5, 5.41) is 14.6. The van der Waals surface area contributed by atoms with Gasteiger partial charge in [0, 0.05) is 37.9 Å². The van der Waals surface area contributed by atoms with Crippen molar-refractivity contribution in [3.05, 3.63) is 47.7 Å². The van der Waals surface area contributed by atoms with E-state index >= 15 is 0 Å². The van der Waals surface area contributed by atoms with Crippen LogP contribution in [-0.4, -0.2) is 48.5 Å². The van der Waals surface area contributed by atoms with Crippen molar-refractivity contribution in [1.29, 1.82) is 0 Å². The van der Waals surface area contributed by atoms with Gasteiger partial charge in [-0.3, -0.25) is 14.3 Å². The maximum absolute atomic E-state index is 14.0. The zero-order valence-corrected chi connectivity index (χ0v) is 23.1. The third-order valence-corrected chi connectivity index (χ3v) is 7.95. The van der Waals surface area contributed by atoms with Crippen LogP contribution in [0.5, 0.6) is 0 Å². The topological polar surface area (TPSA) is 106 Å². The fourth-order valence-corrected chi connectivity index (χ4v) is 5.57. The van der Waals surface area contributed by atoms with E-state index in [4.69, 9.17) is 4.98 Å². The van der Waals surface area contributed by atoms with Gasteiger partial charge in [0.25, 0.3) is 5.91 Å². The lowest BCUT2D eigenvalue weighted by atomic mass is 9.81. The third kappa shape index (κ3) is 6.87. The van der Waals surface area contributed by atoms with Crippen molar-refractivity contribution in [1.82, 2.24) is 35.0 Å². The monoisotopic (exact) mass is 577 g/mol. The molecule has 3 heterocycles. The Kier molecular flexibility index (Phi) is 8.32. The number of aromatic nitrogens is 5. The molecule has 2 saturated carbocycles. The average Bonchev–Trinajstić information content (AvgIpc) is 3.47. The second-order valence-corrected chi connectivity index (χ2v) is 11.5. The fourth-order valence-electron chi connectivity index (χ4n) is 5.57. The number of fused-ring (bicyclic) bond motifs is 1. The summed E-state index contributed by atoms with van der Waals surface area (Å²) in [5.41, 5.74) is 2.04. The number of amides is 2. The molecule has 0 unspecified atom stereocenters. The summed E-state index contributed by atoms with van der Waals surface area (Å²) in [4.78, 5) is 30.4. The molecule has 222 valence electrons. The molecule has 5 rings (SSSR count). The molecule has 0 radical (unpaired) electrons. The van der Waals surface area contributed by atoms with Gasteiger partial charge in [0.2, 0.25) is 18.3 Å². The Balaban J connectivity index is 1.41. The molecule has 2 N–H and O–H groups in total. The molecule has 0 aliphatic heterocycles. The molecule has 9 nitrogen and oxygen atoms in total. The van der Waals surface area contributed by atoms with Crippen molar-refractivity contribution in [2.45, 2.75) is 95.7 Å². The van der Waals surface area contributed by atoms with Gasteiger partial charge in [-0.2, -0.15) is 10.2 Å². The van der Waals surface area contributed by atoms with Crippen LogP contribution in [0.3, 0.4) is 0 Å². The number of carbonyl (C=O) groups excluding carboxylic acids is 2. The second kappa shape index (κ2) is 11.8. The quantitative estimate of drug-likeness (QED) is 0.296. The van der Waals surface area contributed by atoms with E-state index in [1.54, 1.807) is 39.9 Å². The lowest BCUT2D eigenvalue weighted by Gasteiger charge is -2.33. The number of nitrogens with one attached hydrogen (secondary N) is 2. The first kappa shape index (κ1) is 29.0. The van der Waals surface area contributed by atoms with Crippen LogP contribution in [0.4, 0.5) is 17.6 Å². The summed E-state index contributed by atoms with van der Waals surface area (Å²) in [6, 6.07) is 2.35. The predicted octanol–water partition coefficient (Wildman–Crippen LogP) is 5.42. The summed E-state index contributed by atoms with van der Waals surface area (Å²) in [6.45, 7) is 3.82. The highest BCUT2D eigenvalue weighted by Gasteiger charge is 2.40. The standard InChI is InChI=1S/C28H35F4N7O2/c1-16(2)39-21(9-12-33-39)27(41)37-26(18-7-10-28(31,32)11-8-18)20-15-38-23(35-20)13-19(14-34-38)25(17-3-4-17)36-24(40)6-5-22(29)30/h9,12-18,22,25-26H,3-8,10-11H2,1-2H3,(H,36,40)(H,37,41)/t25-,26+/m1/s1. The SMILES string of the molecule is CC(C)n1nccc1C(=O)N[C@H](c1cn2ncc([C@H](NC(=O)CCC(F)F)C3CC3)cc2n1)C1CCC(F)(F)CC1. The molecule has 2 aliphatic rings. The van der Waals surface area contributed by atoms with Gasteiger partial charge in [0.05, 0.1) is 30.2 Å². The Hall–Kier alpha value is -3.51. The Morgan fingerprint density at radius 2 is 1.76 bits per heavy atom. The number of halogens is 4. The van der Waals surface area contributed by atoms with E-state index in [2.05, 4.69) is 20.8 Å². The summed E-state index contributed by atoms with van der Waals surface area (Å²) >= 11 is 0. The van der Waals surface area contributed by atoms with Crippen LogP contribution in [0.1, 0.15) is 105 Å². The molecular formula is C28H35F4N7O2. The minimum atomic E-state index is -2.73. The molecule has 2 atom stereocenters. The first-order valence-electron chi connectivity index (χ1n) is 14.2. The first-order chi connectivity index (χ1) is 19.5. The minimum Gasteiger partial charge on any atom is -0.349 e. The summed E-state index contributed by atoms with van der Waals surface area (Å²) in [6.07, 6.45) is 3.26. The van der Waals surface area contributed by atoms with Gasteiger partial charge in [0.15, 0.2) is 5.65 Å². The van der Waals surface area contributed by atoms with E-state index < -0.39 is 30.7 Å².